The molecule has 4 rings (SSSR count). The Morgan fingerprint density at radius 1 is 0.941 bits per heavy atom. The Bertz CT molecular complexity index is 671. The van der Waals surface area contributed by atoms with E-state index in [1.54, 1.807) is 0 Å². The minimum Gasteiger partial charge on any atom is -0.241 e. The number of benzene rings is 2. The fourth-order valence-corrected chi connectivity index (χ4v) is 3.12. The van der Waals surface area contributed by atoms with E-state index in [2.05, 4.69) is 41.4 Å². The van der Waals surface area contributed by atoms with Gasteiger partial charge in [0.2, 0.25) is 0 Å². The van der Waals surface area contributed by atoms with Crippen LogP contribution in [0.25, 0.3) is 11.1 Å². The van der Waals surface area contributed by atoms with Gasteiger partial charge in [-0.05, 0) is 40.3 Å². The van der Waals surface area contributed by atoms with Crippen molar-refractivity contribution in [1.82, 2.24) is 0 Å². The molecule has 0 fully saturated rings. The molecule has 1 aliphatic carbocycles. The van der Waals surface area contributed by atoms with Gasteiger partial charge < -0.3 is 0 Å². The highest BCUT2D eigenvalue weighted by Gasteiger charge is 2.25. The van der Waals surface area contributed by atoms with Gasteiger partial charge in [0.25, 0.3) is 0 Å². The van der Waals surface area contributed by atoms with Crippen LogP contribution in [-0.2, 0) is 12.8 Å². The third kappa shape index (κ3) is 1.23. The van der Waals surface area contributed by atoms with Crippen molar-refractivity contribution in [3.63, 3.8) is 0 Å². The Morgan fingerprint density at radius 3 is 2.76 bits per heavy atom. The van der Waals surface area contributed by atoms with Crippen LogP contribution >= 0.6 is 11.6 Å². The van der Waals surface area contributed by atoms with Crippen LogP contribution in [0.5, 0.6) is 0 Å². The monoisotopic (exact) mass is 239 g/mol. The van der Waals surface area contributed by atoms with E-state index in [4.69, 9.17) is 11.6 Å². The van der Waals surface area contributed by atoms with E-state index < -0.39 is 0 Å². The van der Waals surface area contributed by atoms with Gasteiger partial charge in [0.1, 0.15) is 5.17 Å². The summed E-state index contributed by atoms with van der Waals surface area (Å²) in [6, 6.07) is 12.9. The molecule has 0 aromatic heterocycles. The maximum atomic E-state index is 6.06. The van der Waals surface area contributed by atoms with Crippen molar-refractivity contribution in [2.45, 2.75) is 12.8 Å². The normalized spacial score (nSPS) is 15.2. The number of nitrogens with zero attached hydrogens (tertiary/aromatic N) is 1. The number of hydrogen-bond donors (Lipinski definition) is 0. The molecule has 2 aromatic carbocycles. The molecule has 0 spiro atoms. The van der Waals surface area contributed by atoms with Crippen LogP contribution in [-0.4, -0.2) is 5.17 Å². The molecule has 0 bridgehead atoms. The van der Waals surface area contributed by atoms with Crippen molar-refractivity contribution in [3.8, 4) is 11.1 Å². The first-order valence-corrected chi connectivity index (χ1v) is 6.17. The highest BCUT2D eigenvalue weighted by Crippen LogP contribution is 2.44. The Kier molecular flexibility index (Phi) is 1.78. The SMILES string of the molecule is ClC1=Nc2ccc3c(c2C1)-c1ccccc1C3. The minimum absolute atomic E-state index is 0.706. The highest BCUT2D eigenvalue weighted by atomic mass is 35.5. The summed E-state index contributed by atoms with van der Waals surface area (Å²) in [4.78, 5) is 4.38. The molecule has 0 amide bonds. The molecule has 0 radical (unpaired) electrons. The first-order valence-electron chi connectivity index (χ1n) is 5.79. The van der Waals surface area contributed by atoms with Crippen molar-refractivity contribution < 1.29 is 0 Å². The van der Waals surface area contributed by atoms with Gasteiger partial charge in [0.15, 0.2) is 0 Å². The predicted molar refractivity (Wildman–Crippen MR) is 71.3 cm³/mol. The Hall–Kier alpha value is -1.60. The lowest BCUT2D eigenvalue weighted by atomic mass is 9.97. The van der Waals surface area contributed by atoms with Gasteiger partial charge in [-0.3, -0.25) is 0 Å². The van der Waals surface area contributed by atoms with E-state index in [1.165, 1.54) is 27.8 Å². The first-order chi connectivity index (χ1) is 8.33. The number of hydrogen-bond acceptors (Lipinski definition) is 1. The van der Waals surface area contributed by atoms with Crippen LogP contribution in [0.15, 0.2) is 41.4 Å². The van der Waals surface area contributed by atoms with Crippen LogP contribution in [0.1, 0.15) is 16.7 Å². The van der Waals surface area contributed by atoms with E-state index in [-0.39, 0.29) is 0 Å². The first kappa shape index (κ1) is 9.43. The molecule has 0 saturated carbocycles. The summed E-state index contributed by atoms with van der Waals surface area (Å²) in [5, 5.41) is 0.706. The number of fused-ring (bicyclic) bond motifs is 5. The van der Waals surface area contributed by atoms with Gasteiger partial charge in [0, 0.05) is 6.42 Å². The third-order valence-electron chi connectivity index (χ3n) is 3.61. The fourth-order valence-electron chi connectivity index (χ4n) is 2.89. The van der Waals surface area contributed by atoms with Gasteiger partial charge in [-0.2, -0.15) is 0 Å². The zero-order valence-electron chi connectivity index (χ0n) is 9.20. The van der Waals surface area contributed by atoms with Gasteiger partial charge in [-0.25, -0.2) is 4.99 Å². The standard InChI is InChI=1S/C15H10ClN/c16-14-8-12-13(17-14)6-5-10-7-9-3-1-2-4-11(9)15(10)12/h1-6H,7-8H2. The second kappa shape index (κ2) is 3.21. The molecular weight excluding hydrogens is 230 g/mol. The smallest absolute Gasteiger partial charge is 0.111 e. The Labute approximate surface area is 105 Å². The summed E-state index contributed by atoms with van der Waals surface area (Å²) in [7, 11) is 0. The largest absolute Gasteiger partial charge is 0.241 e. The van der Waals surface area contributed by atoms with Crippen LogP contribution in [0, 0.1) is 0 Å². The Balaban J connectivity index is 2.03. The summed E-state index contributed by atoms with van der Waals surface area (Å²) in [6.07, 6.45) is 1.82. The summed E-state index contributed by atoms with van der Waals surface area (Å²) in [5.41, 5.74) is 7.91. The molecule has 2 aliphatic rings. The van der Waals surface area contributed by atoms with Gasteiger partial charge in [-0.1, -0.05) is 41.9 Å². The molecule has 0 N–H and O–H groups in total. The Morgan fingerprint density at radius 2 is 1.82 bits per heavy atom. The lowest BCUT2D eigenvalue weighted by Gasteiger charge is -2.07. The van der Waals surface area contributed by atoms with Crippen molar-refractivity contribution in [3.05, 3.63) is 53.1 Å². The fraction of sp³-hybridized carbons (Fsp3) is 0.133. The van der Waals surface area contributed by atoms with Crippen LogP contribution in [0.4, 0.5) is 5.69 Å². The van der Waals surface area contributed by atoms with E-state index in [0.717, 1.165) is 18.5 Å². The zero-order chi connectivity index (χ0) is 11.4. The maximum Gasteiger partial charge on any atom is 0.111 e. The highest BCUT2D eigenvalue weighted by molar-refractivity contribution is 6.66. The molecule has 1 heterocycles. The second-order valence-corrected chi connectivity index (χ2v) is 5.03. The molecule has 1 aliphatic heterocycles. The zero-order valence-corrected chi connectivity index (χ0v) is 9.96. The van der Waals surface area contributed by atoms with Crippen molar-refractivity contribution in [2.75, 3.05) is 0 Å². The summed E-state index contributed by atoms with van der Waals surface area (Å²) in [6.45, 7) is 0. The molecule has 82 valence electrons. The van der Waals surface area contributed by atoms with Crippen LogP contribution < -0.4 is 0 Å². The number of rotatable bonds is 0. The predicted octanol–water partition coefficient (Wildman–Crippen LogP) is 4.08. The minimum atomic E-state index is 0.706. The molecule has 2 aromatic rings. The quantitative estimate of drug-likeness (QED) is 0.561. The molecule has 0 saturated heterocycles. The van der Waals surface area contributed by atoms with Gasteiger partial charge in [-0.15, -0.1) is 0 Å². The molecule has 2 heteroatoms. The summed E-state index contributed by atoms with van der Waals surface area (Å²) < 4.78 is 0. The molecule has 1 nitrogen and oxygen atoms in total. The number of aliphatic imine (C=N–C) groups is 1. The lowest BCUT2D eigenvalue weighted by Crippen LogP contribution is -1.90. The molecule has 0 unspecified atom stereocenters. The summed E-state index contributed by atoms with van der Waals surface area (Å²) in [5.74, 6) is 0. The third-order valence-corrected chi connectivity index (χ3v) is 3.82. The van der Waals surface area contributed by atoms with Crippen molar-refractivity contribution in [2.24, 2.45) is 4.99 Å². The lowest BCUT2D eigenvalue weighted by molar-refractivity contribution is 1.25. The topological polar surface area (TPSA) is 12.4 Å². The van der Waals surface area contributed by atoms with E-state index in [0.29, 0.717) is 5.17 Å². The second-order valence-electron chi connectivity index (χ2n) is 4.60. The molecular formula is C15H10ClN. The summed E-state index contributed by atoms with van der Waals surface area (Å²) >= 11 is 6.06. The van der Waals surface area contributed by atoms with Crippen LogP contribution in [0.2, 0.25) is 0 Å². The van der Waals surface area contributed by atoms with E-state index in [9.17, 15) is 0 Å². The van der Waals surface area contributed by atoms with E-state index in [1.807, 2.05) is 0 Å². The maximum absolute atomic E-state index is 6.06. The molecule has 17 heavy (non-hydrogen) atoms. The number of halogens is 1. The van der Waals surface area contributed by atoms with Gasteiger partial charge >= 0.3 is 0 Å². The van der Waals surface area contributed by atoms with Crippen molar-refractivity contribution in [1.29, 1.82) is 0 Å². The van der Waals surface area contributed by atoms with Crippen molar-refractivity contribution >= 4 is 22.5 Å². The van der Waals surface area contributed by atoms with E-state index >= 15 is 0 Å². The molecule has 0 atom stereocenters. The average Bonchev–Trinajstić information content (AvgIpc) is 2.87. The van der Waals surface area contributed by atoms with Crippen LogP contribution in [0.3, 0.4) is 0 Å². The average molecular weight is 240 g/mol. The van der Waals surface area contributed by atoms with Gasteiger partial charge in [0.05, 0.1) is 5.69 Å².